The van der Waals surface area contributed by atoms with E-state index in [0.717, 1.165) is 11.1 Å². The number of halogens is 2. The lowest BCUT2D eigenvalue weighted by molar-refractivity contribution is -0.146. The largest absolute Gasteiger partial charge is 0.506 e. The number of fused-ring (bicyclic) bond motifs is 1. The number of hydrogen-bond acceptors (Lipinski definition) is 7. The van der Waals surface area contributed by atoms with Crippen molar-refractivity contribution in [2.24, 2.45) is 5.92 Å². The molecule has 1 aromatic carbocycles. The quantitative estimate of drug-likeness (QED) is 0.223. The lowest BCUT2D eigenvalue weighted by Crippen LogP contribution is -2.54. The van der Waals surface area contributed by atoms with Crippen molar-refractivity contribution >= 4 is 64.8 Å². The SMILES string of the molecule is CCOP(=O)(CN(CC(C)C)C(=O)N1Cc2c(cc(I)c(O)c2I)C[C@H]1C(=O)OC)OCC. The van der Waals surface area contributed by atoms with Gasteiger partial charge in [0.2, 0.25) is 0 Å². The minimum Gasteiger partial charge on any atom is -0.506 e. The molecule has 186 valence electrons. The molecule has 0 spiro atoms. The first kappa shape index (κ1) is 28.6. The summed E-state index contributed by atoms with van der Waals surface area (Å²) in [6.07, 6.45) is 0.0299. The molecule has 0 aromatic heterocycles. The number of aromatic hydroxyl groups is 1. The number of methoxy groups -OCH3 is 1. The molecule has 1 aliphatic rings. The van der Waals surface area contributed by atoms with Gasteiger partial charge in [0, 0.05) is 19.5 Å². The molecule has 1 aliphatic heterocycles. The number of rotatable bonds is 9. The molecule has 1 heterocycles. The first-order valence-electron chi connectivity index (χ1n) is 10.7. The van der Waals surface area contributed by atoms with Gasteiger partial charge in [-0.1, -0.05) is 13.8 Å². The molecule has 0 saturated heterocycles. The van der Waals surface area contributed by atoms with E-state index in [0.29, 0.717) is 13.7 Å². The number of esters is 1. The van der Waals surface area contributed by atoms with Crippen molar-refractivity contribution in [3.63, 3.8) is 0 Å². The summed E-state index contributed by atoms with van der Waals surface area (Å²) in [6.45, 7) is 8.08. The smallest absolute Gasteiger partial charge is 0.349 e. The maximum absolute atomic E-state index is 13.8. The highest BCUT2D eigenvalue weighted by molar-refractivity contribution is 14.1. The lowest BCUT2D eigenvalue weighted by atomic mass is 9.94. The number of nitrogens with zero attached hydrogens (tertiary/aromatic N) is 2. The van der Waals surface area contributed by atoms with Crippen LogP contribution in [0.1, 0.15) is 38.8 Å². The van der Waals surface area contributed by atoms with Crippen molar-refractivity contribution in [1.82, 2.24) is 9.80 Å². The Hall–Kier alpha value is -0.630. The number of phenolic OH excluding ortho intramolecular Hbond substituents is 1. The van der Waals surface area contributed by atoms with E-state index in [-0.39, 0.29) is 44.1 Å². The molecule has 0 unspecified atom stereocenters. The molecule has 0 aliphatic carbocycles. The van der Waals surface area contributed by atoms with E-state index >= 15 is 0 Å². The topological polar surface area (TPSA) is 106 Å². The van der Waals surface area contributed by atoms with E-state index in [4.69, 9.17) is 13.8 Å². The van der Waals surface area contributed by atoms with E-state index in [1.54, 1.807) is 13.8 Å². The molecule has 1 N–H and O–H groups in total. The molecule has 0 saturated carbocycles. The standard InChI is InChI=1S/C21H31I2N2O7P/c1-6-31-33(29,32-7-2)12-24(10-13(3)4)21(28)25-11-15-14(9-17(25)20(27)30-5)8-16(22)19(26)18(15)23/h8,13,17,26H,6-7,9-12H2,1-5H3/t17-/m0/s1. The minimum atomic E-state index is -3.56. The van der Waals surface area contributed by atoms with E-state index < -0.39 is 25.6 Å². The van der Waals surface area contributed by atoms with Crippen LogP contribution in [0.2, 0.25) is 0 Å². The number of carbonyl (C=O) groups is 2. The number of hydrogen-bond donors (Lipinski definition) is 1. The molecule has 0 bridgehead atoms. The second-order valence-corrected chi connectivity index (χ2v) is 12.3. The zero-order chi connectivity index (χ0) is 24.9. The zero-order valence-electron chi connectivity index (χ0n) is 19.5. The molecule has 12 heteroatoms. The average Bonchev–Trinajstić information content (AvgIpc) is 2.75. The Morgan fingerprint density at radius 1 is 1.27 bits per heavy atom. The van der Waals surface area contributed by atoms with Gasteiger partial charge in [-0.15, -0.1) is 0 Å². The molecular formula is C21H31I2N2O7P. The molecule has 2 rings (SSSR count). The van der Waals surface area contributed by atoms with Gasteiger partial charge in [-0.3, -0.25) is 4.57 Å². The molecule has 1 aromatic rings. The fourth-order valence-corrected chi connectivity index (χ4v) is 7.39. The van der Waals surface area contributed by atoms with Gasteiger partial charge in [-0.05, 0) is 82.1 Å². The summed E-state index contributed by atoms with van der Waals surface area (Å²) in [6, 6.07) is 0.521. The predicted molar refractivity (Wildman–Crippen MR) is 141 cm³/mol. The van der Waals surface area contributed by atoms with Crippen LogP contribution in [0.4, 0.5) is 4.79 Å². The molecule has 1 atom stereocenters. The third-order valence-electron chi connectivity index (χ3n) is 5.08. The van der Waals surface area contributed by atoms with Crippen LogP contribution in [0.3, 0.4) is 0 Å². The highest BCUT2D eigenvalue weighted by atomic mass is 127. The monoisotopic (exact) mass is 708 g/mol. The molecule has 2 amide bonds. The van der Waals surface area contributed by atoms with E-state index in [9.17, 15) is 19.3 Å². The minimum absolute atomic E-state index is 0.0741. The van der Waals surface area contributed by atoms with Crippen LogP contribution in [0, 0.1) is 13.1 Å². The average molecular weight is 708 g/mol. The first-order valence-corrected chi connectivity index (χ1v) is 14.6. The Balaban J connectivity index is 2.48. The Bertz CT molecular complexity index is 918. The van der Waals surface area contributed by atoms with Crippen molar-refractivity contribution in [2.45, 2.75) is 46.7 Å². The van der Waals surface area contributed by atoms with E-state index in [1.165, 1.54) is 16.9 Å². The fraction of sp³-hybridized carbons (Fsp3) is 0.619. The highest BCUT2D eigenvalue weighted by Gasteiger charge is 2.41. The second kappa shape index (κ2) is 12.4. The van der Waals surface area contributed by atoms with Crippen molar-refractivity contribution in [3.8, 4) is 5.75 Å². The number of carbonyl (C=O) groups excluding carboxylic acids is 2. The Labute approximate surface area is 222 Å². The van der Waals surface area contributed by atoms with Gasteiger partial charge in [-0.25, -0.2) is 9.59 Å². The number of benzene rings is 1. The summed E-state index contributed by atoms with van der Waals surface area (Å²) >= 11 is 4.10. The van der Waals surface area contributed by atoms with Crippen LogP contribution in [0.25, 0.3) is 0 Å². The number of phenols is 1. The van der Waals surface area contributed by atoms with Crippen molar-refractivity contribution in [1.29, 1.82) is 0 Å². The fourth-order valence-electron chi connectivity index (χ4n) is 3.74. The summed E-state index contributed by atoms with van der Waals surface area (Å²) in [5.41, 5.74) is 1.66. The Morgan fingerprint density at radius 2 is 1.88 bits per heavy atom. The van der Waals surface area contributed by atoms with Gasteiger partial charge < -0.3 is 28.7 Å². The number of amides is 2. The van der Waals surface area contributed by atoms with Gasteiger partial charge in [0.05, 0.1) is 27.5 Å². The van der Waals surface area contributed by atoms with Gasteiger partial charge >= 0.3 is 19.6 Å². The summed E-state index contributed by atoms with van der Waals surface area (Å²) in [5.74, 6) is -0.311. The molecular weight excluding hydrogens is 677 g/mol. The van der Waals surface area contributed by atoms with Gasteiger partial charge in [0.25, 0.3) is 0 Å². The van der Waals surface area contributed by atoms with Crippen LogP contribution in [-0.4, -0.2) is 66.1 Å². The van der Waals surface area contributed by atoms with Crippen LogP contribution < -0.4 is 0 Å². The second-order valence-electron chi connectivity index (χ2n) is 8.02. The normalized spacial score (nSPS) is 16.0. The molecule has 0 radical (unpaired) electrons. The van der Waals surface area contributed by atoms with Gasteiger partial charge in [0.1, 0.15) is 18.1 Å². The zero-order valence-corrected chi connectivity index (χ0v) is 24.7. The number of ether oxygens (including phenoxy) is 1. The lowest BCUT2D eigenvalue weighted by Gasteiger charge is -2.39. The molecule has 9 nitrogen and oxygen atoms in total. The van der Waals surface area contributed by atoms with Crippen molar-refractivity contribution < 1.29 is 33.0 Å². The van der Waals surface area contributed by atoms with Gasteiger partial charge in [0.15, 0.2) is 0 Å². The van der Waals surface area contributed by atoms with Crippen LogP contribution >= 0.6 is 52.8 Å². The maximum atomic E-state index is 13.8. The van der Waals surface area contributed by atoms with E-state index in [1.807, 2.05) is 42.5 Å². The summed E-state index contributed by atoms with van der Waals surface area (Å²) in [7, 11) is -2.27. The summed E-state index contributed by atoms with van der Waals surface area (Å²) in [4.78, 5) is 29.3. The maximum Gasteiger partial charge on any atom is 0.349 e. The van der Waals surface area contributed by atoms with Crippen LogP contribution in [-0.2, 0) is 36.1 Å². The van der Waals surface area contributed by atoms with Gasteiger partial charge in [-0.2, -0.15) is 0 Å². The third kappa shape index (κ3) is 6.96. The third-order valence-corrected chi connectivity index (χ3v) is 9.05. The Kier molecular flexibility index (Phi) is 10.7. The van der Waals surface area contributed by atoms with Crippen molar-refractivity contribution in [2.75, 3.05) is 33.2 Å². The summed E-state index contributed by atoms with van der Waals surface area (Å²) < 4.78 is 30.4. The Morgan fingerprint density at radius 3 is 2.39 bits per heavy atom. The molecule has 33 heavy (non-hydrogen) atoms. The summed E-state index contributed by atoms with van der Waals surface area (Å²) in [5, 5.41) is 10.4. The number of urea groups is 1. The van der Waals surface area contributed by atoms with Crippen LogP contribution in [0.5, 0.6) is 5.75 Å². The van der Waals surface area contributed by atoms with Crippen LogP contribution in [0.15, 0.2) is 6.07 Å². The predicted octanol–water partition coefficient (Wildman–Crippen LogP) is 4.80. The first-order chi connectivity index (χ1) is 15.5. The highest BCUT2D eigenvalue weighted by Crippen LogP contribution is 2.49. The van der Waals surface area contributed by atoms with E-state index in [2.05, 4.69) is 22.6 Å². The molecule has 0 fully saturated rings. The van der Waals surface area contributed by atoms with Crippen molar-refractivity contribution in [3.05, 3.63) is 24.3 Å².